The van der Waals surface area contributed by atoms with Crippen molar-refractivity contribution in [1.82, 2.24) is 14.8 Å². The van der Waals surface area contributed by atoms with Crippen LogP contribution < -0.4 is 5.84 Å². The van der Waals surface area contributed by atoms with Crippen LogP contribution in [0.1, 0.15) is 5.56 Å². The monoisotopic (exact) mass is 255 g/mol. The zero-order valence-electron chi connectivity index (χ0n) is 10.4. The normalized spacial score (nSPS) is 8.89. The second-order valence-corrected chi connectivity index (χ2v) is 3.14. The molecule has 0 unspecified atom stereocenters. The first kappa shape index (κ1) is 15.8. The van der Waals surface area contributed by atoms with Crippen molar-refractivity contribution in [3.63, 3.8) is 0 Å². The molecule has 0 amide bonds. The van der Waals surface area contributed by atoms with Crippen molar-refractivity contribution in [2.45, 2.75) is 0 Å². The molecule has 19 heavy (non-hydrogen) atoms. The number of nitrogens with two attached hydrogens (primary N) is 1. The number of nitrogens with zero attached hydrogens (tertiary/aromatic N) is 6. The van der Waals surface area contributed by atoms with E-state index in [0.717, 1.165) is 11.1 Å². The second kappa shape index (κ2) is 8.90. The van der Waals surface area contributed by atoms with Gasteiger partial charge < -0.3 is 5.84 Å². The van der Waals surface area contributed by atoms with Crippen molar-refractivity contribution in [1.29, 1.82) is 10.5 Å². The van der Waals surface area contributed by atoms with Crippen LogP contribution in [0.3, 0.4) is 0 Å². The average Bonchev–Trinajstić information content (AvgIpc) is 2.91. The third-order valence-corrected chi connectivity index (χ3v) is 1.99. The van der Waals surface area contributed by atoms with E-state index in [1.807, 2.05) is 31.3 Å². The minimum atomic E-state index is 0.716. The molecule has 7 nitrogen and oxygen atoms in total. The van der Waals surface area contributed by atoms with Gasteiger partial charge in [-0.3, -0.25) is 4.68 Å². The maximum Gasteiger partial charge on any atom is 0.181 e. The number of benzene rings is 1. The maximum atomic E-state index is 6.50. The maximum absolute atomic E-state index is 6.50. The van der Waals surface area contributed by atoms with E-state index in [1.165, 1.54) is 0 Å². The molecule has 2 N–H and O–H groups in total. The van der Waals surface area contributed by atoms with E-state index in [-0.39, 0.29) is 0 Å². The van der Waals surface area contributed by atoms with Gasteiger partial charge in [-0.25, -0.2) is 15.5 Å². The van der Waals surface area contributed by atoms with Crippen molar-refractivity contribution in [3.8, 4) is 24.5 Å². The Morgan fingerprint density at radius 3 is 2.21 bits per heavy atom. The molecule has 0 aliphatic carbocycles. The second-order valence-electron chi connectivity index (χ2n) is 3.14. The largest absolute Gasteiger partial charge is 0.323 e. The highest BCUT2D eigenvalue weighted by atomic mass is 15.3. The quantitative estimate of drug-likeness (QED) is 0.489. The van der Waals surface area contributed by atoms with Crippen molar-refractivity contribution < 1.29 is 0 Å². The summed E-state index contributed by atoms with van der Waals surface area (Å²) < 4.78 is 1.67. The minimum Gasteiger partial charge on any atom is -0.323 e. The molecule has 0 spiro atoms. The lowest BCUT2D eigenvalue weighted by Crippen LogP contribution is -1.89. The summed E-state index contributed by atoms with van der Waals surface area (Å²) >= 11 is 0. The predicted molar refractivity (Wildman–Crippen MR) is 71.6 cm³/mol. The summed E-state index contributed by atoms with van der Waals surface area (Å²) in [6.07, 6.45) is 3.26. The number of aromatic nitrogens is 3. The molecule has 0 radical (unpaired) electrons. The van der Waals surface area contributed by atoms with E-state index in [9.17, 15) is 0 Å². The molecule has 2 aromatic rings. The van der Waals surface area contributed by atoms with Gasteiger partial charge in [-0.2, -0.15) is 10.2 Å². The fourth-order valence-electron chi connectivity index (χ4n) is 1.28. The molecule has 7 heteroatoms. The van der Waals surface area contributed by atoms with Gasteiger partial charge in [0, 0.05) is 25.8 Å². The van der Waals surface area contributed by atoms with E-state index in [1.54, 1.807) is 17.2 Å². The zero-order chi connectivity index (χ0) is 14.7. The zero-order valence-corrected chi connectivity index (χ0v) is 10.4. The first-order chi connectivity index (χ1) is 9.29. The lowest BCUT2D eigenvalue weighted by molar-refractivity contribution is 0.768. The molecule has 1 aromatic carbocycles. The van der Waals surface area contributed by atoms with Crippen LogP contribution in [0.5, 0.6) is 0 Å². The Labute approximate surface area is 111 Å². The van der Waals surface area contributed by atoms with Crippen LogP contribution in [-0.2, 0) is 7.05 Å². The van der Waals surface area contributed by atoms with E-state index in [0.29, 0.717) is 5.82 Å². The molecule has 1 aromatic heterocycles. The molecule has 0 aliphatic heterocycles. The molecule has 0 fully saturated rings. The Morgan fingerprint density at radius 1 is 1.21 bits per heavy atom. The average molecular weight is 255 g/mol. The van der Waals surface area contributed by atoms with Crippen molar-refractivity contribution in [2.75, 3.05) is 0 Å². The van der Waals surface area contributed by atoms with Crippen LogP contribution in [0.15, 0.2) is 35.7 Å². The molecule has 1 heterocycles. The molecule has 0 saturated heterocycles. The van der Waals surface area contributed by atoms with E-state index >= 15 is 0 Å². The van der Waals surface area contributed by atoms with Crippen LogP contribution >= 0.6 is 0 Å². The number of hydrogen-bond donors (Lipinski definition) is 1. The summed E-state index contributed by atoms with van der Waals surface area (Å²) in [5.74, 6) is 5.77. The number of aryl methyl sites for hydroxylation is 1. The van der Waals surface area contributed by atoms with Crippen LogP contribution in [-0.4, -0.2) is 21.0 Å². The summed E-state index contributed by atoms with van der Waals surface area (Å²) in [4.78, 5) is 4.16. The minimum absolute atomic E-state index is 0.716. The molecule has 2 rings (SSSR count). The smallest absolute Gasteiger partial charge is 0.181 e. The SMILES string of the molecule is C#N.C#N.Cn1cnc(-c2ccc(C=NN)cc2)n1. The Kier molecular flexibility index (Phi) is 7.41. The van der Waals surface area contributed by atoms with Gasteiger partial charge in [0.25, 0.3) is 0 Å². The first-order valence-electron chi connectivity index (χ1n) is 5.00. The predicted octanol–water partition coefficient (Wildman–Crippen LogP) is 1.05. The fraction of sp³-hybridized carbons (Fsp3) is 0.0833. The summed E-state index contributed by atoms with van der Waals surface area (Å²) in [5.41, 5.74) is 1.93. The van der Waals surface area contributed by atoms with Crippen LogP contribution in [0, 0.1) is 23.7 Å². The summed E-state index contributed by atoms with van der Waals surface area (Å²) in [7, 11) is 1.84. The highest BCUT2D eigenvalue weighted by Gasteiger charge is 2.01. The van der Waals surface area contributed by atoms with Crippen LogP contribution in [0.2, 0.25) is 0 Å². The molecule has 0 atom stereocenters. The topological polar surface area (TPSA) is 117 Å². The van der Waals surface area contributed by atoms with E-state index in [4.69, 9.17) is 16.4 Å². The fourth-order valence-corrected chi connectivity index (χ4v) is 1.28. The summed E-state index contributed by atoms with van der Waals surface area (Å²) in [5, 5.41) is 20.7. The Balaban J connectivity index is 0.000000741. The molecular formula is C12H13N7. The van der Waals surface area contributed by atoms with Gasteiger partial charge in [-0.15, -0.1) is 0 Å². The Morgan fingerprint density at radius 2 is 1.79 bits per heavy atom. The molecule has 0 aliphatic rings. The third-order valence-electron chi connectivity index (χ3n) is 1.99. The highest BCUT2D eigenvalue weighted by molar-refractivity contribution is 5.80. The van der Waals surface area contributed by atoms with Crippen molar-refractivity contribution in [3.05, 3.63) is 36.2 Å². The number of hydrogen-bond acceptors (Lipinski definition) is 6. The van der Waals surface area contributed by atoms with Crippen LogP contribution in [0.25, 0.3) is 11.4 Å². The summed E-state index contributed by atoms with van der Waals surface area (Å²) in [6, 6.07) is 7.71. The lowest BCUT2D eigenvalue weighted by atomic mass is 10.1. The standard InChI is InChI=1S/C10H11N5.2CHN/c1-15-7-12-10(14-15)9-4-2-8(3-5-9)6-13-11;2*1-2/h2-7H,11H2,1H3;2*1H. The molecule has 96 valence electrons. The van der Waals surface area contributed by atoms with E-state index in [2.05, 4.69) is 28.3 Å². The van der Waals surface area contributed by atoms with Gasteiger partial charge >= 0.3 is 0 Å². The van der Waals surface area contributed by atoms with Gasteiger partial charge in [0.05, 0.1) is 6.21 Å². The molecule has 0 bridgehead atoms. The highest BCUT2D eigenvalue weighted by Crippen LogP contribution is 2.13. The van der Waals surface area contributed by atoms with Gasteiger partial charge in [0.2, 0.25) is 0 Å². The molecule has 0 saturated carbocycles. The van der Waals surface area contributed by atoms with Crippen LogP contribution in [0.4, 0.5) is 0 Å². The lowest BCUT2D eigenvalue weighted by Gasteiger charge is -1.95. The van der Waals surface area contributed by atoms with Gasteiger partial charge in [0.1, 0.15) is 6.33 Å². The van der Waals surface area contributed by atoms with Gasteiger partial charge in [0.15, 0.2) is 5.82 Å². The van der Waals surface area contributed by atoms with Crippen molar-refractivity contribution >= 4 is 6.21 Å². The first-order valence-corrected chi connectivity index (χ1v) is 5.00. The number of nitriles is 2. The Hall–Kier alpha value is -3.19. The van der Waals surface area contributed by atoms with Gasteiger partial charge in [-0.05, 0) is 5.56 Å². The van der Waals surface area contributed by atoms with Gasteiger partial charge in [-0.1, -0.05) is 24.3 Å². The third kappa shape index (κ3) is 4.67. The number of rotatable bonds is 2. The van der Waals surface area contributed by atoms with Crippen molar-refractivity contribution in [2.24, 2.45) is 18.0 Å². The summed E-state index contributed by atoms with van der Waals surface area (Å²) in [6.45, 7) is 7.00. The Bertz CT molecular complexity index is 542. The molecular weight excluding hydrogens is 242 g/mol. The number of hydrazone groups is 1. The van der Waals surface area contributed by atoms with E-state index < -0.39 is 0 Å².